The molecule has 1 fully saturated rings. The molecule has 0 spiro atoms. The summed E-state index contributed by atoms with van der Waals surface area (Å²) in [6.45, 7) is 6.44. The molecule has 0 radical (unpaired) electrons. The van der Waals surface area contributed by atoms with Gasteiger partial charge in [-0.15, -0.1) is 0 Å². The Balaban J connectivity index is 1.94. The van der Waals surface area contributed by atoms with Crippen LogP contribution in [0.1, 0.15) is 33.0 Å². The molecule has 1 saturated heterocycles. The van der Waals surface area contributed by atoms with Crippen LogP contribution < -0.4 is 5.32 Å². The van der Waals surface area contributed by atoms with E-state index in [2.05, 4.69) is 5.32 Å². The fourth-order valence-electron chi connectivity index (χ4n) is 2.58. The summed E-state index contributed by atoms with van der Waals surface area (Å²) in [6, 6.07) is 3.41. The van der Waals surface area contributed by atoms with Crippen molar-refractivity contribution in [1.82, 2.24) is 10.2 Å². The molecule has 0 aliphatic carbocycles. The maximum absolute atomic E-state index is 12.1. The highest BCUT2D eigenvalue weighted by Gasteiger charge is 2.37. The van der Waals surface area contributed by atoms with E-state index < -0.39 is 23.6 Å². The predicted molar refractivity (Wildman–Crippen MR) is 82.9 cm³/mol. The minimum absolute atomic E-state index is 0.139. The van der Waals surface area contributed by atoms with Crippen molar-refractivity contribution in [3.63, 3.8) is 0 Å². The van der Waals surface area contributed by atoms with Crippen LogP contribution in [-0.2, 0) is 16.1 Å². The minimum atomic E-state index is -0.921. The van der Waals surface area contributed by atoms with Crippen LogP contribution in [0.25, 0.3) is 0 Å². The first-order valence-electron chi connectivity index (χ1n) is 7.73. The Bertz CT molecular complexity index is 535. The molecule has 0 unspecified atom stereocenters. The molecule has 128 valence electrons. The smallest absolute Gasteiger partial charge is 0.410 e. The van der Waals surface area contributed by atoms with Crippen molar-refractivity contribution in [2.75, 3.05) is 13.1 Å². The van der Waals surface area contributed by atoms with Crippen LogP contribution in [0.15, 0.2) is 22.8 Å². The lowest BCUT2D eigenvalue weighted by Crippen LogP contribution is -2.54. The molecular weight excluding hydrogens is 300 g/mol. The van der Waals surface area contributed by atoms with Crippen molar-refractivity contribution in [3.05, 3.63) is 24.2 Å². The number of carbonyl (C=O) groups is 2. The Morgan fingerprint density at radius 1 is 1.48 bits per heavy atom. The monoisotopic (exact) mass is 324 g/mol. The van der Waals surface area contributed by atoms with E-state index in [4.69, 9.17) is 9.15 Å². The van der Waals surface area contributed by atoms with Gasteiger partial charge in [0.05, 0.1) is 18.7 Å². The molecule has 0 bridgehead atoms. The molecule has 7 nitrogen and oxygen atoms in total. The number of furan rings is 1. The first-order valence-corrected chi connectivity index (χ1v) is 7.73. The number of piperidine rings is 1. The Morgan fingerprint density at radius 3 is 2.78 bits per heavy atom. The van der Waals surface area contributed by atoms with Gasteiger partial charge in [0.15, 0.2) is 0 Å². The topological polar surface area (TPSA) is 92.0 Å². The van der Waals surface area contributed by atoms with Crippen molar-refractivity contribution in [3.8, 4) is 0 Å². The van der Waals surface area contributed by atoms with E-state index in [-0.39, 0.29) is 12.6 Å². The summed E-state index contributed by atoms with van der Waals surface area (Å²) in [6.07, 6.45) is 1.67. The molecule has 23 heavy (non-hydrogen) atoms. The lowest BCUT2D eigenvalue weighted by atomic mass is 9.92. The van der Waals surface area contributed by atoms with E-state index in [1.165, 1.54) is 4.90 Å². The second-order valence-electron chi connectivity index (χ2n) is 6.73. The quantitative estimate of drug-likeness (QED) is 0.881. The third-order valence-electron chi connectivity index (χ3n) is 3.70. The van der Waals surface area contributed by atoms with Crippen LogP contribution in [0, 0.1) is 5.92 Å². The van der Waals surface area contributed by atoms with Crippen LogP contribution >= 0.6 is 0 Å². The average Bonchev–Trinajstić information content (AvgIpc) is 2.96. The Labute approximate surface area is 135 Å². The third-order valence-corrected chi connectivity index (χ3v) is 3.70. The standard InChI is InChI=1S/C16H24N2O5/c1-16(2,3)23-15(21)18-7-6-13(12(10-18)14(19)20)17-9-11-5-4-8-22-11/h4-5,8,12-13,17H,6-7,9-10H2,1-3H3,(H,19,20)/t12-,13+/m1/s1. The van der Waals surface area contributed by atoms with Gasteiger partial charge < -0.3 is 24.5 Å². The first-order chi connectivity index (χ1) is 10.8. The highest BCUT2D eigenvalue weighted by Crippen LogP contribution is 2.21. The van der Waals surface area contributed by atoms with E-state index in [1.807, 2.05) is 6.07 Å². The van der Waals surface area contributed by atoms with Gasteiger partial charge in [0, 0.05) is 19.1 Å². The Hall–Kier alpha value is -2.02. The number of carboxylic acid groups (broad SMARTS) is 1. The molecule has 2 atom stereocenters. The fraction of sp³-hybridized carbons (Fsp3) is 0.625. The van der Waals surface area contributed by atoms with Gasteiger partial charge >= 0.3 is 12.1 Å². The predicted octanol–water partition coefficient (Wildman–Crippen LogP) is 2.08. The highest BCUT2D eigenvalue weighted by atomic mass is 16.6. The summed E-state index contributed by atoms with van der Waals surface area (Å²) >= 11 is 0. The number of nitrogens with one attached hydrogen (secondary N) is 1. The average molecular weight is 324 g/mol. The van der Waals surface area contributed by atoms with Gasteiger partial charge in [0.25, 0.3) is 0 Å². The zero-order valence-corrected chi connectivity index (χ0v) is 13.7. The maximum atomic E-state index is 12.1. The first kappa shape index (κ1) is 17.3. The summed E-state index contributed by atoms with van der Waals surface area (Å²) in [4.78, 5) is 25.1. The number of hydrogen-bond donors (Lipinski definition) is 2. The van der Waals surface area contributed by atoms with Gasteiger partial charge in [0.1, 0.15) is 11.4 Å². The molecule has 0 saturated carbocycles. The molecule has 1 aliphatic heterocycles. The van der Waals surface area contributed by atoms with Crippen LogP contribution in [-0.4, -0.2) is 46.8 Å². The lowest BCUT2D eigenvalue weighted by Gasteiger charge is -2.37. The Morgan fingerprint density at radius 2 is 2.22 bits per heavy atom. The molecule has 2 rings (SSSR count). The van der Waals surface area contributed by atoms with Gasteiger partial charge in [-0.3, -0.25) is 4.79 Å². The molecule has 0 aromatic carbocycles. The summed E-state index contributed by atoms with van der Waals surface area (Å²) in [5.74, 6) is -0.842. The van der Waals surface area contributed by atoms with E-state index >= 15 is 0 Å². The highest BCUT2D eigenvalue weighted by molar-refractivity contribution is 5.74. The number of nitrogens with zero attached hydrogens (tertiary/aromatic N) is 1. The minimum Gasteiger partial charge on any atom is -0.481 e. The number of amides is 1. The second-order valence-corrected chi connectivity index (χ2v) is 6.73. The Kier molecular flexibility index (Phi) is 5.30. The van der Waals surface area contributed by atoms with Crippen LogP contribution in [0.2, 0.25) is 0 Å². The van der Waals surface area contributed by atoms with Crippen LogP contribution in [0.4, 0.5) is 4.79 Å². The summed E-state index contributed by atoms with van der Waals surface area (Å²) in [5.41, 5.74) is -0.593. The van der Waals surface area contributed by atoms with Gasteiger partial charge in [-0.1, -0.05) is 0 Å². The molecule has 2 heterocycles. The summed E-state index contributed by atoms with van der Waals surface area (Å²) in [7, 11) is 0. The number of carbonyl (C=O) groups excluding carboxylic acids is 1. The van der Waals surface area contributed by atoms with Crippen LogP contribution in [0.5, 0.6) is 0 Å². The van der Waals surface area contributed by atoms with Crippen molar-refractivity contribution < 1.29 is 23.8 Å². The number of carboxylic acids is 1. The SMILES string of the molecule is CC(C)(C)OC(=O)N1CC[C@H](NCc2ccco2)[C@H](C(=O)O)C1. The van der Waals surface area contributed by atoms with Crippen molar-refractivity contribution in [1.29, 1.82) is 0 Å². The van der Waals surface area contributed by atoms with E-state index in [1.54, 1.807) is 33.1 Å². The zero-order valence-electron chi connectivity index (χ0n) is 13.7. The second kappa shape index (κ2) is 7.04. The molecule has 1 aromatic rings. The number of rotatable bonds is 4. The molecule has 2 N–H and O–H groups in total. The molecule has 7 heteroatoms. The zero-order chi connectivity index (χ0) is 17.0. The van der Waals surface area contributed by atoms with Gasteiger partial charge in [-0.2, -0.15) is 0 Å². The third kappa shape index (κ3) is 4.99. The number of likely N-dealkylation sites (tertiary alicyclic amines) is 1. The van der Waals surface area contributed by atoms with Crippen LogP contribution in [0.3, 0.4) is 0 Å². The molecule has 1 amide bonds. The number of hydrogen-bond acceptors (Lipinski definition) is 5. The van der Waals surface area contributed by atoms with Gasteiger partial charge in [-0.25, -0.2) is 4.79 Å². The number of aliphatic carboxylic acids is 1. The largest absolute Gasteiger partial charge is 0.481 e. The fourth-order valence-corrected chi connectivity index (χ4v) is 2.58. The summed E-state index contributed by atoms with van der Waals surface area (Å²) in [5, 5.41) is 12.7. The van der Waals surface area contributed by atoms with Gasteiger partial charge in [0.2, 0.25) is 0 Å². The molecular formula is C16H24N2O5. The van der Waals surface area contributed by atoms with Gasteiger partial charge in [-0.05, 0) is 39.3 Å². The van der Waals surface area contributed by atoms with Crippen molar-refractivity contribution in [2.24, 2.45) is 5.92 Å². The van der Waals surface area contributed by atoms with E-state index in [9.17, 15) is 14.7 Å². The molecule has 1 aromatic heterocycles. The maximum Gasteiger partial charge on any atom is 0.410 e. The van der Waals surface area contributed by atoms with E-state index in [0.29, 0.717) is 19.5 Å². The number of ether oxygens (including phenoxy) is 1. The molecule has 1 aliphatic rings. The normalized spacial score (nSPS) is 22.0. The van der Waals surface area contributed by atoms with Crippen molar-refractivity contribution in [2.45, 2.75) is 45.4 Å². The summed E-state index contributed by atoms with van der Waals surface area (Å²) < 4.78 is 10.6. The van der Waals surface area contributed by atoms with E-state index in [0.717, 1.165) is 5.76 Å². The lowest BCUT2D eigenvalue weighted by molar-refractivity contribution is -0.144. The van der Waals surface area contributed by atoms with Crippen molar-refractivity contribution >= 4 is 12.1 Å².